The third-order valence-electron chi connectivity index (χ3n) is 5.27. The first-order valence-electron chi connectivity index (χ1n) is 11.4. The predicted octanol–water partition coefficient (Wildman–Crippen LogP) is 5.67. The van der Waals surface area contributed by atoms with Crippen LogP contribution in [0.4, 0.5) is 15.8 Å². The third kappa shape index (κ3) is 6.19. The lowest BCUT2D eigenvalue weighted by Gasteiger charge is -2.33. The van der Waals surface area contributed by atoms with E-state index in [9.17, 15) is 24.5 Å². The van der Waals surface area contributed by atoms with Gasteiger partial charge >= 0.3 is 5.97 Å². The standard InChI is InChI=1S/C29H24FN3O4/c1-4-36-27(34)16-14-20-13-15-23(30)26(17-20)37-29(2,3)28(35)33(24-11-7-5-9-21(24)18-31)25-12-8-6-10-22(25)19-32/h5-17H,4H2,1-3H3/b16-14+. The minimum Gasteiger partial charge on any atom is -0.475 e. The van der Waals surface area contributed by atoms with Crippen molar-refractivity contribution in [1.82, 2.24) is 0 Å². The number of anilines is 2. The number of rotatable bonds is 8. The van der Waals surface area contributed by atoms with Crippen LogP contribution < -0.4 is 9.64 Å². The molecule has 37 heavy (non-hydrogen) atoms. The van der Waals surface area contributed by atoms with Crippen molar-refractivity contribution in [1.29, 1.82) is 10.5 Å². The van der Waals surface area contributed by atoms with E-state index in [1.165, 1.54) is 43.0 Å². The fraction of sp³-hybridized carbons (Fsp3) is 0.172. The molecule has 0 bridgehead atoms. The molecule has 0 unspecified atom stereocenters. The summed E-state index contributed by atoms with van der Waals surface area (Å²) in [6, 6.07) is 21.0. The Morgan fingerprint density at radius 3 is 2.08 bits per heavy atom. The van der Waals surface area contributed by atoms with Crippen molar-refractivity contribution in [3.8, 4) is 17.9 Å². The summed E-state index contributed by atoms with van der Waals surface area (Å²) in [5.41, 5.74) is -0.278. The number of carbonyl (C=O) groups excluding carboxylic acids is 2. The predicted molar refractivity (Wildman–Crippen MR) is 136 cm³/mol. The van der Waals surface area contributed by atoms with Crippen molar-refractivity contribution in [3.05, 3.63) is 95.3 Å². The molecule has 186 valence electrons. The van der Waals surface area contributed by atoms with Crippen LogP contribution in [0.15, 0.2) is 72.8 Å². The first-order valence-corrected chi connectivity index (χ1v) is 11.4. The Kier molecular flexibility index (Phi) is 8.39. The topological polar surface area (TPSA) is 103 Å². The second kappa shape index (κ2) is 11.7. The third-order valence-corrected chi connectivity index (χ3v) is 5.27. The second-order valence-electron chi connectivity index (χ2n) is 8.29. The molecule has 0 aliphatic heterocycles. The van der Waals surface area contributed by atoms with Crippen LogP contribution in [0, 0.1) is 28.5 Å². The highest BCUT2D eigenvalue weighted by Gasteiger charge is 2.38. The number of nitriles is 2. The molecule has 3 rings (SSSR count). The quantitative estimate of drug-likeness (QED) is 0.294. The Morgan fingerprint density at radius 2 is 1.54 bits per heavy atom. The van der Waals surface area contributed by atoms with Crippen LogP contribution in [-0.4, -0.2) is 24.1 Å². The first-order chi connectivity index (χ1) is 17.7. The maximum atomic E-state index is 14.7. The number of nitrogens with zero attached hydrogens (tertiary/aromatic N) is 3. The fourth-order valence-electron chi connectivity index (χ4n) is 3.52. The monoisotopic (exact) mass is 497 g/mol. The summed E-state index contributed by atoms with van der Waals surface area (Å²) in [5.74, 6) is -2.11. The van der Waals surface area contributed by atoms with Gasteiger partial charge in [-0.3, -0.25) is 9.69 Å². The smallest absolute Gasteiger partial charge is 0.330 e. The maximum absolute atomic E-state index is 14.7. The van der Waals surface area contributed by atoms with Gasteiger partial charge in [-0.1, -0.05) is 30.3 Å². The van der Waals surface area contributed by atoms with E-state index in [1.54, 1.807) is 55.5 Å². The molecular weight excluding hydrogens is 473 g/mol. The Morgan fingerprint density at radius 1 is 0.973 bits per heavy atom. The largest absolute Gasteiger partial charge is 0.475 e. The van der Waals surface area contributed by atoms with E-state index in [0.717, 1.165) is 6.07 Å². The number of hydrogen-bond acceptors (Lipinski definition) is 6. The van der Waals surface area contributed by atoms with E-state index < -0.39 is 23.3 Å². The lowest BCUT2D eigenvalue weighted by Crippen LogP contribution is -2.47. The molecular formula is C29H24FN3O4. The van der Waals surface area contributed by atoms with Crippen LogP contribution in [0.3, 0.4) is 0 Å². The zero-order valence-corrected chi connectivity index (χ0v) is 20.6. The molecule has 0 radical (unpaired) electrons. The molecule has 3 aromatic carbocycles. The number of amides is 1. The zero-order valence-electron chi connectivity index (χ0n) is 20.6. The number of ether oxygens (including phenoxy) is 2. The Bertz CT molecular complexity index is 1380. The van der Waals surface area contributed by atoms with E-state index in [4.69, 9.17) is 9.47 Å². The van der Waals surface area contributed by atoms with Gasteiger partial charge in [-0.25, -0.2) is 9.18 Å². The average molecular weight is 498 g/mol. The Balaban J connectivity index is 2.04. The van der Waals surface area contributed by atoms with Crippen molar-refractivity contribution < 1.29 is 23.5 Å². The van der Waals surface area contributed by atoms with Crippen molar-refractivity contribution >= 4 is 29.3 Å². The van der Waals surface area contributed by atoms with Gasteiger partial charge in [0.25, 0.3) is 5.91 Å². The van der Waals surface area contributed by atoms with Crippen molar-refractivity contribution in [2.24, 2.45) is 0 Å². The highest BCUT2D eigenvalue weighted by Crippen LogP contribution is 2.35. The average Bonchev–Trinajstić information content (AvgIpc) is 2.89. The summed E-state index contributed by atoms with van der Waals surface area (Å²) >= 11 is 0. The van der Waals surface area contributed by atoms with E-state index in [2.05, 4.69) is 12.1 Å². The number of halogens is 1. The summed E-state index contributed by atoms with van der Waals surface area (Å²) in [6.07, 6.45) is 2.65. The van der Waals surface area contributed by atoms with E-state index in [1.807, 2.05) is 0 Å². The Labute approximate surface area is 214 Å². The molecule has 0 saturated heterocycles. The highest BCUT2D eigenvalue weighted by molar-refractivity contribution is 6.07. The first kappa shape index (κ1) is 26.7. The van der Waals surface area contributed by atoms with Crippen LogP contribution in [0.1, 0.15) is 37.5 Å². The van der Waals surface area contributed by atoms with Crippen molar-refractivity contribution in [2.75, 3.05) is 11.5 Å². The van der Waals surface area contributed by atoms with E-state index >= 15 is 0 Å². The van der Waals surface area contributed by atoms with Gasteiger partial charge in [-0.15, -0.1) is 0 Å². The van der Waals surface area contributed by atoms with Gasteiger partial charge in [-0.2, -0.15) is 10.5 Å². The van der Waals surface area contributed by atoms with Gasteiger partial charge < -0.3 is 9.47 Å². The molecule has 8 heteroatoms. The van der Waals surface area contributed by atoms with Crippen LogP contribution in [-0.2, 0) is 14.3 Å². The van der Waals surface area contributed by atoms with E-state index in [-0.39, 0.29) is 34.9 Å². The minimum absolute atomic E-state index is 0.205. The van der Waals surface area contributed by atoms with Crippen LogP contribution in [0.5, 0.6) is 5.75 Å². The minimum atomic E-state index is -1.64. The number of hydrogen-bond donors (Lipinski definition) is 0. The summed E-state index contributed by atoms with van der Waals surface area (Å²) < 4.78 is 25.4. The van der Waals surface area contributed by atoms with Crippen molar-refractivity contribution in [2.45, 2.75) is 26.4 Å². The normalized spacial score (nSPS) is 10.9. The molecule has 0 atom stereocenters. The molecule has 0 aromatic heterocycles. The fourth-order valence-corrected chi connectivity index (χ4v) is 3.52. The number of para-hydroxylation sites is 2. The van der Waals surface area contributed by atoms with Gasteiger partial charge in [0.1, 0.15) is 12.1 Å². The molecule has 0 aliphatic carbocycles. The lowest BCUT2D eigenvalue weighted by molar-refractivity contribution is -0.137. The lowest BCUT2D eigenvalue weighted by atomic mass is 10.0. The molecule has 1 amide bonds. The summed E-state index contributed by atoms with van der Waals surface area (Å²) in [4.78, 5) is 26.8. The van der Waals surface area contributed by atoms with Gasteiger partial charge in [0, 0.05) is 6.08 Å². The molecule has 0 fully saturated rings. The molecule has 0 aliphatic rings. The highest BCUT2D eigenvalue weighted by atomic mass is 19.1. The molecule has 0 saturated carbocycles. The van der Waals surface area contributed by atoms with Crippen LogP contribution in [0.2, 0.25) is 0 Å². The van der Waals surface area contributed by atoms with Gasteiger partial charge in [-0.05, 0) is 68.8 Å². The molecule has 7 nitrogen and oxygen atoms in total. The van der Waals surface area contributed by atoms with Gasteiger partial charge in [0.2, 0.25) is 0 Å². The summed E-state index contributed by atoms with van der Waals surface area (Å²) in [7, 11) is 0. The summed E-state index contributed by atoms with van der Waals surface area (Å²) in [6.45, 7) is 4.83. The van der Waals surface area contributed by atoms with Gasteiger partial charge in [0.15, 0.2) is 17.2 Å². The van der Waals surface area contributed by atoms with Crippen molar-refractivity contribution in [3.63, 3.8) is 0 Å². The number of benzene rings is 3. The molecule has 0 N–H and O–H groups in total. The van der Waals surface area contributed by atoms with E-state index in [0.29, 0.717) is 5.56 Å². The maximum Gasteiger partial charge on any atom is 0.330 e. The SMILES string of the molecule is CCOC(=O)/C=C/c1ccc(F)c(OC(C)(C)C(=O)N(c2ccccc2C#N)c2ccccc2C#N)c1. The number of carbonyl (C=O) groups is 2. The molecule has 3 aromatic rings. The van der Waals surface area contributed by atoms with Gasteiger partial charge in [0.05, 0.1) is 29.1 Å². The second-order valence-corrected chi connectivity index (χ2v) is 8.29. The Hall–Kier alpha value is -4.95. The van der Waals surface area contributed by atoms with Crippen LogP contribution in [0.25, 0.3) is 6.08 Å². The number of esters is 1. The van der Waals surface area contributed by atoms with Crippen LogP contribution >= 0.6 is 0 Å². The zero-order chi connectivity index (χ0) is 27.0. The molecule has 0 spiro atoms. The molecule has 0 heterocycles. The summed E-state index contributed by atoms with van der Waals surface area (Å²) in [5, 5.41) is 19.4.